The Morgan fingerprint density at radius 2 is 1.71 bits per heavy atom. The number of esters is 1. The first-order valence-electron chi connectivity index (χ1n) is 10.7. The van der Waals surface area contributed by atoms with Crippen molar-refractivity contribution in [1.82, 2.24) is 4.90 Å². The molecule has 2 heterocycles. The van der Waals surface area contributed by atoms with E-state index in [-0.39, 0.29) is 11.9 Å². The van der Waals surface area contributed by atoms with Crippen LogP contribution in [0.2, 0.25) is 15.1 Å². The van der Waals surface area contributed by atoms with Crippen LogP contribution in [-0.4, -0.2) is 44.2 Å². The highest BCUT2D eigenvalue weighted by molar-refractivity contribution is 6.39. The van der Waals surface area contributed by atoms with Crippen molar-refractivity contribution in [2.45, 2.75) is 32.2 Å². The summed E-state index contributed by atoms with van der Waals surface area (Å²) in [7, 11) is 1.46. The molecule has 4 nitrogen and oxygen atoms in total. The van der Waals surface area contributed by atoms with E-state index < -0.39 is 0 Å². The van der Waals surface area contributed by atoms with E-state index in [1.54, 1.807) is 0 Å². The molecule has 2 saturated heterocycles. The Morgan fingerprint density at radius 1 is 1.06 bits per heavy atom. The average Bonchev–Trinajstić information content (AvgIpc) is 2.71. The Labute approximate surface area is 199 Å². The molecule has 0 atom stereocenters. The van der Waals surface area contributed by atoms with Gasteiger partial charge in [0, 0.05) is 30.6 Å². The summed E-state index contributed by atoms with van der Waals surface area (Å²) < 4.78 is 4.89. The summed E-state index contributed by atoms with van der Waals surface area (Å²) in [4.78, 5) is 16.3. The summed E-state index contributed by atoms with van der Waals surface area (Å²) in [6.07, 6.45) is 1.67. The normalized spacial score (nSPS) is 18.2. The summed E-state index contributed by atoms with van der Waals surface area (Å²) in [6.45, 7) is 6.46. The van der Waals surface area contributed by atoms with Gasteiger partial charge in [-0.15, -0.1) is 0 Å². The summed E-state index contributed by atoms with van der Waals surface area (Å²) in [5, 5.41) is 2.19. The number of anilines is 1. The predicted octanol–water partition coefficient (Wildman–Crippen LogP) is 5.94. The number of likely N-dealkylation sites (tertiary alicyclic amines) is 1. The number of carbonyl (C=O) groups is 1. The molecule has 0 bridgehead atoms. The molecule has 2 fully saturated rings. The highest BCUT2D eigenvalue weighted by Gasteiger charge is 2.32. The SMILES string of the molecule is COC(=O)C1CCN(Cc2c(C)cc(C3CN(c4c(Cl)cccc4Cl)C3)cc2Cl)CC1. The third kappa shape index (κ3) is 4.83. The van der Waals surface area contributed by atoms with E-state index in [0.29, 0.717) is 16.0 Å². The van der Waals surface area contributed by atoms with Crippen molar-refractivity contribution in [1.29, 1.82) is 0 Å². The first-order chi connectivity index (χ1) is 14.9. The molecule has 0 spiro atoms. The standard InChI is InChI=1S/C24H27Cl3N2O2/c1-15-10-17(18-12-29(13-18)23-20(25)4-3-5-21(23)26)11-22(27)19(15)14-28-8-6-16(7-9-28)24(30)31-2/h3-5,10-11,16,18H,6-9,12-14H2,1-2H3. The van der Waals surface area contributed by atoms with E-state index in [9.17, 15) is 4.79 Å². The molecule has 4 rings (SSSR count). The van der Waals surface area contributed by atoms with Gasteiger partial charge in [-0.05, 0) is 67.7 Å². The topological polar surface area (TPSA) is 32.8 Å². The maximum Gasteiger partial charge on any atom is 0.308 e. The highest BCUT2D eigenvalue weighted by Crippen LogP contribution is 2.41. The van der Waals surface area contributed by atoms with Gasteiger partial charge in [0.15, 0.2) is 0 Å². The zero-order chi connectivity index (χ0) is 22.1. The molecule has 0 unspecified atom stereocenters. The minimum absolute atomic E-state index is 0.0216. The molecule has 0 saturated carbocycles. The van der Waals surface area contributed by atoms with Crippen LogP contribution in [0.5, 0.6) is 0 Å². The number of piperidine rings is 1. The average molecular weight is 482 g/mol. The molecular weight excluding hydrogens is 455 g/mol. The Bertz CT molecular complexity index is 924. The lowest BCUT2D eigenvalue weighted by molar-refractivity contribution is -0.147. The largest absolute Gasteiger partial charge is 0.469 e. The van der Waals surface area contributed by atoms with Gasteiger partial charge in [0.05, 0.1) is 28.8 Å². The Hall–Kier alpha value is -1.46. The van der Waals surface area contributed by atoms with E-state index in [0.717, 1.165) is 56.3 Å². The molecule has 31 heavy (non-hydrogen) atoms. The highest BCUT2D eigenvalue weighted by atomic mass is 35.5. The summed E-state index contributed by atoms with van der Waals surface area (Å²) in [5.41, 5.74) is 4.56. The third-order valence-electron chi connectivity index (χ3n) is 6.55. The first-order valence-corrected chi connectivity index (χ1v) is 11.8. The monoisotopic (exact) mass is 480 g/mol. The molecule has 2 aromatic rings. The van der Waals surface area contributed by atoms with Crippen LogP contribution in [0.1, 0.15) is 35.4 Å². The maximum absolute atomic E-state index is 11.7. The summed E-state index contributed by atoms with van der Waals surface area (Å²) in [5.74, 6) is 0.340. The van der Waals surface area contributed by atoms with E-state index in [4.69, 9.17) is 39.5 Å². The van der Waals surface area contributed by atoms with Crippen molar-refractivity contribution in [2.24, 2.45) is 5.92 Å². The van der Waals surface area contributed by atoms with E-state index in [1.165, 1.54) is 23.8 Å². The van der Waals surface area contributed by atoms with Gasteiger partial charge in [0.25, 0.3) is 0 Å². The van der Waals surface area contributed by atoms with Crippen molar-refractivity contribution in [2.75, 3.05) is 38.2 Å². The van der Waals surface area contributed by atoms with Crippen LogP contribution in [0.3, 0.4) is 0 Å². The van der Waals surface area contributed by atoms with Crippen LogP contribution >= 0.6 is 34.8 Å². The molecule has 0 N–H and O–H groups in total. The number of nitrogens with zero attached hydrogens (tertiary/aromatic N) is 2. The molecular formula is C24H27Cl3N2O2. The maximum atomic E-state index is 11.7. The second-order valence-corrected chi connectivity index (χ2v) is 9.77. The van der Waals surface area contributed by atoms with Crippen LogP contribution in [-0.2, 0) is 16.1 Å². The number of hydrogen-bond acceptors (Lipinski definition) is 4. The molecule has 0 aromatic heterocycles. The van der Waals surface area contributed by atoms with Gasteiger partial charge in [0.1, 0.15) is 0 Å². The van der Waals surface area contributed by atoms with Crippen molar-refractivity contribution < 1.29 is 9.53 Å². The van der Waals surface area contributed by atoms with E-state index in [1.807, 2.05) is 18.2 Å². The summed E-state index contributed by atoms with van der Waals surface area (Å²) >= 11 is 19.4. The number of para-hydroxylation sites is 1. The smallest absolute Gasteiger partial charge is 0.308 e. The van der Waals surface area contributed by atoms with Crippen LogP contribution in [0.25, 0.3) is 0 Å². The fraction of sp³-hybridized carbons (Fsp3) is 0.458. The number of aryl methyl sites for hydroxylation is 1. The second-order valence-electron chi connectivity index (χ2n) is 8.54. The zero-order valence-corrected chi connectivity index (χ0v) is 20.1. The van der Waals surface area contributed by atoms with Gasteiger partial charge in [0.2, 0.25) is 0 Å². The van der Waals surface area contributed by atoms with Crippen molar-refractivity contribution in [3.63, 3.8) is 0 Å². The molecule has 166 valence electrons. The van der Waals surface area contributed by atoms with Crippen molar-refractivity contribution in [3.8, 4) is 0 Å². The van der Waals surface area contributed by atoms with Crippen LogP contribution < -0.4 is 4.90 Å². The lowest BCUT2D eigenvalue weighted by atomic mass is 9.88. The second kappa shape index (κ2) is 9.58. The Kier molecular flexibility index (Phi) is 7.02. The molecule has 0 amide bonds. The van der Waals surface area contributed by atoms with Gasteiger partial charge in [-0.2, -0.15) is 0 Å². The molecule has 2 aromatic carbocycles. The summed E-state index contributed by atoms with van der Waals surface area (Å²) in [6, 6.07) is 9.99. The predicted molar refractivity (Wildman–Crippen MR) is 128 cm³/mol. The number of benzene rings is 2. The number of rotatable bonds is 5. The number of halogens is 3. The number of hydrogen-bond donors (Lipinski definition) is 0. The van der Waals surface area contributed by atoms with Gasteiger partial charge in [-0.1, -0.05) is 46.9 Å². The van der Waals surface area contributed by atoms with Gasteiger partial charge in [-0.3, -0.25) is 9.69 Å². The van der Waals surface area contributed by atoms with E-state index >= 15 is 0 Å². The molecule has 2 aliphatic rings. The molecule has 0 aliphatic carbocycles. The first kappa shape index (κ1) is 22.7. The van der Waals surface area contributed by atoms with Gasteiger partial charge < -0.3 is 9.64 Å². The molecule has 0 radical (unpaired) electrons. The lowest BCUT2D eigenvalue weighted by Crippen LogP contribution is -2.45. The Morgan fingerprint density at radius 3 is 2.29 bits per heavy atom. The van der Waals surface area contributed by atoms with E-state index in [2.05, 4.69) is 28.9 Å². The number of methoxy groups -OCH3 is 1. The van der Waals surface area contributed by atoms with Crippen molar-refractivity contribution >= 4 is 46.5 Å². The molecule has 2 aliphatic heterocycles. The van der Waals surface area contributed by atoms with Gasteiger partial charge in [-0.25, -0.2) is 0 Å². The molecule has 7 heteroatoms. The lowest BCUT2D eigenvalue weighted by Gasteiger charge is -2.42. The van der Waals surface area contributed by atoms with Gasteiger partial charge >= 0.3 is 5.97 Å². The zero-order valence-electron chi connectivity index (χ0n) is 17.8. The van der Waals surface area contributed by atoms with Crippen LogP contribution in [0, 0.1) is 12.8 Å². The number of carbonyl (C=O) groups excluding carboxylic acids is 1. The van der Waals surface area contributed by atoms with Crippen molar-refractivity contribution in [3.05, 3.63) is 62.1 Å². The van der Waals surface area contributed by atoms with Crippen LogP contribution in [0.4, 0.5) is 5.69 Å². The Balaban J connectivity index is 1.39. The minimum Gasteiger partial charge on any atom is -0.469 e. The number of ether oxygens (including phenoxy) is 1. The quantitative estimate of drug-likeness (QED) is 0.494. The minimum atomic E-state index is -0.0918. The van der Waals surface area contributed by atoms with Crippen LogP contribution in [0.15, 0.2) is 30.3 Å². The third-order valence-corrected chi connectivity index (χ3v) is 7.50. The fourth-order valence-electron chi connectivity index (χ4n) is 4.62. The fourth-order valence-corrected chi connectivity index (χ4v) is 5.59.